The third-order valence-corrected chi connectivity index (χ3v) is 2.34. The van der Waals surface area contributed by atoms with Gasteiger partial charge in [-0.2, -0.15) is 0 Å². The summed E-state index contributed by atoms with van der Waals surface area (Å²) < 4.78 is 5.78. The molecule has 0 amide bonds. The van der Waals surface area contributed by atoms with Gasteiger partial charge in [0, 0.05) is 12.4 Å². The second kappa shape index (κ2) is 5.26. The zero-order valence-corrected chi connectivity index (χ0v) is 9.21. The molecule has 2 aromatic rings. The Balaban J connectivity index is 2.13. The molecule has 0 N–H and O–H groups in total. The Hall–Kier alpha value is -1.90. The number of ether oxygens (including phenoxy) is 1. The molecule has 3 nitrogen and oxygen atoms in total. The monoisotopic (exact) mass is 214 g/mol. The lowest BCUT2D eigenvalue weighted by Crippen LogP contribution is -2.07. The van der Waals surface area contributed by atoms with Crippen molar-refractivity contribution in [3.8, 4) is 5.88 Å². The van der Waals surface area contributed by atoms with E-state index in [0.717, 1.165) is 12.0 Å². The molecule has 16 heavy (non-hydrogen) atoms. The van der Waals surface area contributed by atoms with Crippen LogP contribution in [-0.4, -0.2) is 9.97 Å². The Morgan fingerprint density at radius 2 is 2.00 bits per heavy atom. The van der Waals surface area contributed by atoms with Crippen LogP contribution in [0.2, 0.25) is 0 Å². The molecule has 1 unspecified atom stereocenters. The maximum absolute atomic E-state index is 5.78. The van der Waals surface area contributed by atoms with Crippen LogP contribution in [-0.2, 0) is 0 Å². The van der Waals surface area contributed by atoms with Crippen molar-refractivity contribution in [1.29, 1.82) is 0 Å². The topological polar surface area (TPSA) is 35.0 Å². The fourth-order valence-corrected chi connectivity index (χ4v) is 1.55. The van der Waals surface area contributed by atoms with Gasteiger partial charge in [-0.1, -0.05) is 37.3 Å². The molecule has 0 aliphatic rings. The number of rotatable bonds is 4. The van der Waals surface area contributed by atoms with Gasteiger partial charge in [0.15, 0.2) is 0 Å². The minimum Gasteiger partial charge on any atom is -0.468 e. The van der Waals surface area contributed by atoms with Gasteiger partial charge in [0.2, 0.25) is 5.88 Å². The molecule has 1 heterocycles. The van der Waals surface area contributed by atoms with Gasteiger partial charge in [-0.3, -0.25) is 4.98 Å². The highest BCUT2D eigenvalue weighted by molar-refractivity contribution is 5.19. The average molecular weight is 214 g/mol. The fourth-order valence-electron chi connectivity index (χ4n) is 1.55. The van der Waals surface area contributed by atoms with Gasteiger partial charge in [0.1, 0.15) is 6.10 Å². The van der Waals surface area contributed by atoms with Crippen molar-refractivity contribution in [2.24, 2.45) is 0 Å². The first-order chi connectivity index (χ1) is 7.90. The summed E-state index contributed by atoms with van der Waals surface area (Å²) in [5, 5.41) is 0. The van der Waals surface area contributed by atoms with Crippen molar-refractivity contribution in [2.75, 3.05) is 0 Å². The average Bonchev–Trinajstić information content (AvgIpc) is 2.38. The lowest BCUT2D eigenvalue weighted by Gasteiger charge is -2.16. The van der Waals surface area contributed by atoms with E-state index in [4.69, 9.17) is 4.74 Å². The molecule has 1 atom stereocenters. The third-order valence-electron chi connectivity index (χ3n) is 2.34. The van der Waals surface area contributed by atoms with Crippen molar-refractivity contribution >= 4 is 0 Å². The van der Waals surface area contributed by atoms with E-state index in [9.17, 15) is 0 Å². The van der Waals surface area contributed by atoms with E-state index in [-0.39, 0.29) is 6.10 Å². The van der Waals surface area contributed by atoms with Gasteiger partial charge in [-0.25, -0.2) is 4.98 Å². The normalized spacial score (nSPS) is 12.1. The number of nitrogens with zero attached hydrogens (tertiary/aromatic N) is 2. The molecule has 1 aromatic carbocycles. The Morgan fingerprint density at radius 3 is 2.62 bits per heavy atom. The van der Waals surface area contributed by atoms with Crippen molar-refractivity contribution in [2.45, 2.75) is 19.4 Å². The molecule has 82 valence electrons. The van der Waals surface area contributed by atoms with E-state index in [1.807, 2.05) is 18.2 Å². The summed E-state index contributed by atoms with van der Waals surface area (Å²) in [6.07, 6.45) is 5.84. The predicted molar refractivity (Wildman–Crippen MR) is 62.1 cm³/mol. The molecule has 0 aliphatic carbocycles. The predicted octanol–water partition coefficient (Wildman–Crippen LogP) is 3.01. The van der Waals surface area contributed by atoms with E-state index >= 15 is 0 Å². The fraction of sp³-hybridized carbons (Fsp3) is 0.231. The minimum absolute atomic E-state index is 0.0397. The van der Waals surface area contributed by atoms with Gasteiger partial charge in [-0.05, 0) is 12.0 Å². The second-order valence-electron chi connectivity index (χ2n) is 3.47. The molecule has 0 fully saturated rings. The molecule has 0 aliphatic heterocycles. The SMILES string of the molecule is CCC(Oc1cnccn1)c1ccccc1. The first-order valence-electron chi connectivity index (χ1n) is 5.37. The quantitative estimate of drug-likeness (QED) is 0.784. The van der Waals surface area contributed by atoms with Crippen LogP contribution in [0.4, 0.5) is 0 Å². The molecule has 3 heteroatoms. The molecule has 0 saturated carbocycles. The number of hydrogen-bond donors (Lipinski definition) is 0. The second-order valence-corrected chi connectivity index (χ2v) is 3.47. The van der Waals surface area contributed by atoms with Crippen LogP contribution in [0.1, 0.15) is 25.0 Å². The molecule has 0 saturated heterocycles. The highest BCUT2D eigenvalue weighted by atomic mass is 16.5. The summed E-state index contributed by atoms with van der Waals surface area (Å²) in [7, 11) is 0. The van der Waals surface area contributed by atoms with E-state index in [2.05, 4.69) is 29.0 Å². The van der Waals surface area contributed by atoms with Gasteiger partial charge < -0.3 is 4.74 Å². The molecule has 1 aromatic heterocycles. The van der Waals surface area contributed by atoms with E-state index < -0.39 is 0 Å². The highest BCUT2D eigenvalue weighted by Gasteiger charge is 2.10. The zero-order valence-electron chi connectivity index (χ0n) is 9.21. The van der Waals surface area contributed by atoms with Crippen molar-refractivity contribution in [1.82, 2.24) is 9.97 Å². The number of aromatic nitrogens is 2. The van der Waals surface area contributed by atoms with Crippen LogP contribution in [0.25, 0.3) is 0 Å². The van der Waals surface area contributed by atoms with Crippen LogP contribution in [0.15, 0.2) is 48.9 Å². The first kappa shape index (κ1) is 10.6. The first-order valence-corrected chi connectivity index (χ1v) is 5.37. The van der Waals surface area contributed by atoms with Crippen LogP contribution in [0, 0.1) is 0 Å². The molecule has 0 spiro atoms. The van der Waals surface area contributed by atoms with Crippen LogP contribution < -0.4 is 4.74 Å². The van der Waals surface area contributed by atoms with Crippen molar-refractivity contribution in [3.05, 3.63) is 54.5 Å². The standard InChI is InChI=1S/C13H14N2O/c1-2-12(11-6-4-3-5-7-11)16-13-10-14-8-9-15-13/h3-10,12H,2H2,1H3. The molecule has 0 bridgehead atoms. The summed E-state index contributed by atoms with van der Waals surface area (Å²) in [5.74, 6) is 0.568. The van der Waals surface area contributed by atoms with Gasteiger partial charge >= 0.3 is 0 Å². The van der Waals surface area contributed by atoms with Crippen LogP contribution in [0.5, 0.6) is 5.88 Å². The number of benzene rings is 1. The molecular formula is C13H14N2O. The Labute approximate surface area is 95.1 Å². The summed E-state index contributed by atoms with van der Waals surface area (Å²) in [6, 6.07) is 10.1. The lowest BCUT2D eigenvalue weighted by atomic mass is 10.1. The summed E-state index contributed by atoms with van der Waals surface area (Å²) >= 11 is 0. The van der Waals surface area contributed by atoms with Gasteiger partial charge in [-0.15, -0.1) is 0 Å². The highest BCUT2D eigenvalue weighted by Crippen LogP contribution is 2.22. The minimum atomic E-state index is 0.0397. The van der Waals surface area contributed by atoms with Crippen LogP contribution >= 0.6 is 0 Å². The van der Waals surface area contributed by atoms with E-state index in [1.165, 1.54) is 0 Å². The molecule has 0 radical (unpaired) electrons. The zero-order chi connectivity index (χ0) is 11.2. The smallest absolute Gasteiger partial charge is 0.232 e. The van der Waals surface area contributed by atoms with E-state index in [0.29, 0.717) is 5.88 Å². The Morgan fingerprint density at radius 1 is 1.19 bits per heavy atom. The Kier molecular flexibility index (Phi) is 3.49. The number of hydrogen-bond acceptors (Lipinski definition) is 3. The molecule has 2 rings (SSSR count). The maximum Gasteiger partial charge on any atom is 0.232 e. The summed E-state index contributed by atoms with van der Waals surface area (Å²) in [6.45, 7) is 2.09. The molecular weight excluding hydrogens is 200 g/mol. The largest absolute Gasteiger partial charge is 0.468 e. The van der Waals surface area contributed by atoms with Crippen molar-refractivity contribution < 1.29 is 4.74 Å². The summed E-state index contributed by atoms with van der Waals surface area (Å²) in [4.78, 5) is 8.09. The third kappa shape index (κ3) is 2.57. The maximum atomic E-state index is 5.78. The van der Waals surface area contributed by atoms with Crippen molar-refractivity contribution in [3.63, 3.8) is 0 Å². The van der Waals surface area contributed by atoms with Gasteiger partial charge in [0.05, 0.1) is 6.20 Å². The lowest BCUT2D eigenvalue weighted by molar-refractivity contribution is 0.192. The van der Waals surface area contributed by atoms with Crippen LogP contribution in [0.3, 0.4) is 0 Å². The van der Waals surface area contributed by atoms with Gasteiger partial charge in [0.25, 0.3) is 0 Å². The Bertz CT molecular complexity index is 416. The van der Waals surface area contributed by atoms with E-state index in [1.54, 1.807) is 18.6 Å². The summed E-state index contributed by atoms with van der Waals surface area (Å²) in [5.41, 5.74) is 1.16.